The molecule has 0 aliphatic carbocycles. The fourth-order valence-corrected chi connectivity index (χ4v) is 5.49. The quantitative estimate of drug-likeness (QED) is 0.682. The zero-order chi connectivity index (χ0) is 22.4. The number of carbonyl (C=O) groups is 1. The molecule has 0 radical (unpaired) electrons. The summed E-state index contributed by atoms with van der Waals surface area (Å²) in [6, 6.07) is 4.62. The van der Waals surface area contributed by atoms with E-state index in [1.54, 1.807) is 25.2 Å². The summed E-state index contributed by atoms with van der Waals surface area (Å²) in [4.78, 5) is 22.0. The Morgan fingerprint density at radius 1 is 1.26 bits per heavy atom. The third-order valence-electron chi connectivity index (χ3n) is 6.53. The fraction of sp³-hybridized carbons (Fsp3) is 0.720. The molecule has 0 unspecified atom stereocenters. The molecule has 1 atom stereocenters. The van der Waals surface area contributed by atoms with Gasteiger partial charge in [0, 0.05) is 37.5 Å². The first-order chi connectivity index (χ1) is 14.7. The van der Waals surface area contributed by atoms with Gasteiger partial charge in [0.2, 0.25) is 5.91 Å². The number of aliphatic hydroxyl groups is 1. The van der Waals surface area contributed by atoms with Gasteiger partial charge >= 0.3 is 0 Å². The van der Waals surface area contributed by atoms with E-state index in [9.17, 15) is 9.90 Å². The highest BCUT2D eigenvalue weighted by molar-refractivity contribution is 7.12. The maximum Gasteiger partial charge on any atom is 0.222 e. The second-order valence-electron chi connectivity index (χ2n) is 9.90. The average molecular weight is 446 g/mol. The normalized spacial score (nSPS) is 21.5. The van der Waals surface area contributed by atoms with E-state index in [2.05, 4.69) is 40.8 Å². The third kappa shape index (κ3) is 7.91. The van der Waals surface area contributed by atoms with Crippen LogP contribution < -0.4 is 0 Å². The minimum atomic E-state index is -0.955. The molecule has 3 heterocycles. The summed E-state index contributed by atoms with van der Waals surface area (Å²) in [5.74, 6) is 6.90. The van der Waals surface area contributed by atoms with Crippen molar-refractivity contribution in [3.63, 3.8) is 0 Å². The molecule has 1 amide bonds. The third-order valence-corrected chi connectivity index (χ3v) is 7.52. The Morgan fingerprint density at radius 2 is 2.00 bits per heavy atom. The van der Waals surface area contributed by atoms with Crippen LogP contribution in [-0.2, 0) is 11.3 Å². The molecular weight excluding hydrogens is 406 g/mol. The topological polar surface area (TPSA) is 47.0 Å². The zero-order valence-electron chi connectivity index (χ0n) is 19.7. The van der Waals surface area contributed by atoms with Crippen molar-refractivity contribution in [2.24, 2.45) is 5.92 Å². The molecule has 1 aromatic heterocycles. The Labute approximate surface area is 192 Å². The summed E-state index contributed by atoms with van der Waals surface area (Å²) in [5, 5.41) is 9.78. The summed E-state index contributed by atoms with van der Waals surface area (Å²) in [7, 11) is 4.16. The number of rotatable bonds is 6. The van der Waals surface area contributed by atoms with Gasteiger partial charge in [0.25, 0.3) is 0 Å². The molecule has 1 N–H and O–H groups in total. The lowest BCUT2D eigenvalue weighted by Crippen LogP contribution is -2.44. The average Bonchev–Trinajstić information content (AvgIpc) is 3.18. The molecule has 0 aromatic carbocycles. The van der Waals surface area contributed by atoms with E-state index < -0.39 is 5.60 Å². The van der Waals surface area contributed by atoms with Gasteiger partial charge in [-0.1, -0.05) is 11.8 Å². The standard InChI is InChI=1S/C25H39N3O2S/c1-25(2,30)14-11-22-8-9-23(31-22)19-28-15-5-6-20(18-28)7-10-24(29)27(4)21-12-16-26(3)17-13-21/h8-9,20-21,30H,5-7,10,12-13,15-19H2,1-4H3/t20-/m0/s1. The summed E-state index contributed by atoms with van der Waals surface area (Å²) >= 11 is 1.72. The van der Waals surface area contributed by atoms with Crippen LogP contribution in [0.2, 0.25) is 0 Å². The van der Waals surface area contributed by atoms with Crippen molar-refractivity contribution in [3.05, 3.63) is 21.9 Å². The molecule has 0 saturated carbocycles. The number of piperidine rings is 2. The molecule has 31 heavy (non-hydrogen) atoms. The highest BCUT2D eigenvalue weighted by Gasteiger charge is 2.26. The Kier molecular flexibility index (Phi) is 8.58. The van der Waals surface area contributed by atoms with E-state index in [0.29, 0.717) is 24.3 Å². The van der Waals surface area contributed by atoms with Crippen LogP contribution in [0.1, 0.15) is 62.1 Å². The van der Waals surface area contributed by atoms with Crippen LogP contribution in [0.15, 0.2) is 12.1 Å². The van der Waals surface area contributed by atoms with Crippen molar-refractivity contribution < 1.29 is 9.90 Å². The fourth-order valence-electron chi connectivity index (χ4n) is 4.59. The lowest BCUT2D eigenvalue weighted by atomic mass is 9.93. The Balaban J connectivity index is 1.43. The lowest BCUT2D eigenvalue weighted by Gasteiger charge is -2.36. The van der Waals surface area contributed by atoms with E-state index in [1.165, 1.54) is 17.7 Å². The van der Waals surface area contributed by atoms with Crippen molar-refractivity contribution in [3.8, 4) is 11.8 Å². The van der Waals surface area contributed by atoms with Crippen molar-refractivity contribution >= 4 is 17.2 Å². The number of amides is 1. The first kappa shape index (κ1) is 24.3. The molecule has 0 bridgehead atoms. The highest BCUT2D eigenvalue weighted by atomic mass is 32.1. The van der Waals surface area contributed by atoms with Gasteiger partial charge in [-0.15, -0.1) is 11.3 Å². The Bertz CT molecular complexity index is 781. The van der Waals surface area contributed by atoms with Crippen LogP contribution in [-0.4, -0.2) is 77.6 Å². The number of hydrogen-bond acceptors (Lipinski definition) is 5. The Morgan fingerprint density at radius 3 is 2.71 bits per heavy atom. The first-order valence-corrected chi connectivity index (χ1v) is 12.5. The maximum absolute atomic E-state index is 12.7. The summed E-state index contributed by atoms with van der Waals surface area (Å²) in [6.45, 7) is 8.75. The molecule has 6 heteroatoms. The monoisotopic (exact) mass is 445 g/mol. The van der Waals surface area contributed by atoms with Crippen molar-refractivity contribution in [1.82, 2.24) is 14.7 Å². The van der Waals surface area contributed by atoms with Crippen molar-refractivity contribution in [2.45, 2.75) is 70.6 Å². The van der Waals surface area contributed by atoms with Crippen LogP contribution in [0.5, 0.6) is 0 Å². The molecule has 1 aromatic rings. The largest absolute Gasteiger partial charge is 0.378 e. The second-order valence-corrected chi connectivity index (χ2v) is 11.1. The van der Waals surface area contributed by atoms with Gasteiger partial charge in [0.1, 0.15) is 5.60 Å². The van der Waals surface area contributed by atoms with Crippen LogP contribution in [0, 0.1) is 17.8 Å². The number of nitrogens with zero attached hydrogens (tertiary/aromatic N) is 3. The van der Waals surface area contributed by atoms with Gasteiger partial charge in [0.05, 0.1) is 4.88 Å². The number of thiophene rings is 1. The number of hydrogen-bond donors (Lipinski definition) is 1. The van der Waals surface area contributed by atoms with Crippen LogP contribution in [0.4, 0.5) is 0 Å². The van der Waals surface area contributed by atoms with Gasteiger partial charge in [0.15, 0.2) is 0 Å². The molecule has 2 fully saturated rings. The van der Waals surface area contributed by atoms with Crippen LogP contribution in [0.3, 0.4) is 0 Å². The van der Waals surface area contributed by atoms with Gasteiger partial charge in [-0.2, -0.15) is 0 Å². The Hall–Kier alpha value is -1.39. The molecule has 172 valence electrons. The summed E-state index contributed by atoms with van der Waals surface area (Å²) < 4.78 is 0. The first-order valence-electron chi connectivity index (χ1n) is 11.7. The number of carbonyl (C=O) groups excluding carboxylic acids is 1. The molecule has 5 nitrogen and oxygen atoms in total. The van der Waals surface area contributed by atoms with Gasteiger partial charge in [-0.25, -0.2) is 0 Å². The molecule has 0 spiro atoms. The maximum atomic E-state index is 12.7. The van der Waals surface area contributed by atoms with Gasteiger partial charge in [-0.05, 0) is 90.7 Å². The molecule has 3 rings (SSSR count). The van der Waals surface area contributed by atoms with Crippen molar-refractivity contribution in [2.75, 3.05) is 40.3 Å². The smallest absolute Gasteiger partial charge is 0.222 e. The molecule has 2 aliphatic rings. The highest BCUT2D eigenvalue weighted by Crippen LogP contribution is 2.25. The SMILES string of the molecule is CN1CCC(N(C)C(=O)CC[C@@H]2CCCN(Cc3ccc(C#CC(C)(C)O)s3)C2)CC1. The van der Waals surface area contributed by atoms with Crippen LogP contribution >= 0.6 is 11.3 Å². The predicted octanol–water partition coefficient (Wildman–Crippen LogP) is 3.42. The summed E-state index contributed by atoms with van der Waals surface area (Å²) in [6.07, 6.45) is 6.31. The molecule has 2 saturated heterocycles. The van der Waals surface area contributed by atoms with E-state index >= 15 is 0 Å². The van der Waals surface area contributed by atoms with E-state index in [0.717, 1.165) is 56.9 Å². The van der Waals surface area contributed by atoms with Gasteiger partial charge in [-0.3, -0.25) is 9.69 Å². The minimum absolute atomic E-state index is 0.319. The lowest BCUT2D eigenvalue weighted by molar-refractivity contribution is -0.133. The zero-order valence-corrected chi connectivity index (χ0v) is 20.5. The van der Waals surface area contributed by atoms with E-state index in [4.69, 9.17) is 0 Å². The molecular formula is C25H39N3O2S. The second kappa shape index (κ2) is 11.0. The van der Waals surface area contributed by atoms with Crippen LogP contribution in [0.25, 0.3) is 0 Å². The minimum Gasteiger partial charge on any atom is -0.378 e. The molecule has 2 aliphatic heterocycles. The summed E-state index contributed by atoms with van der Waals surface area (Å²) in [5.41, 5.74) is -0.955. The van der Waals surface area contributed by atoms with E-state index in [-0.39, 0.29) is 0 Å². The van der Waals surface area contributed by atoms with E-state index in [1.807, 2.05) is 11.9 Å². The predicted molar refractivity (Wildman–Crippen MR) is 128 cm³/mol. The van der Waals surface area contributed by atoms with Crippen molar-refractivity contribution in [1.29, 1.82) is 0 Å². The van der Waals surface area contributed by atoms with Gasteiger partial charge < -0.3 is 14.9 Å². The number of likely N-dealkylation sites (tertiary alicyclic amines) is 2.